The maximum atomic E-state index is 10.0. The van der Waals surface area contributed by atoms with Gasteiger partial charge in [0.1, 0.15) is 0 Å². The van der Waals surface area contributed by atoms with Gasteiger partial charge < -0.3 is 10.4 Å². The fourth-order valence-corrected chi connectivity index (χ4v) is 1.96. The quantitative estimate of drug-likeness (QED) is 0.885. The number of aliphatic hydroxyl groups excluding tert-OH is 1. The molecule has 19 heavy (non-hydrogen) atoms. The number of hydrogen-bond acceptors (Lipinski definition) is 3. The molecule has 102 valence electrons. The van der Waals surface area contributed by atoms with E-state index in [1.54, 1.807) is 0 Å². The second kappa shape index (κ2) is 5.68. The lowest BCUT2D eigenvalue weighted by Crippen LogP contribution is -2.41. The largest absolute Gasteiger partial charge is 0.391 e. The summed E-state index contributed by atoms with van der Waals surface area (Å²) in [4.78, 5) is 4.57. The molecule has 0 aliphatic carbocycles. The van der Waals surface area contributed by atoms with Crippen molar-refractivity contribution in [3.05, 3.63) is 42.1 Å². The summed E-state index contributed by atoms with van der Waals surface area (Å²) >= 11 is 0. The van der Waals surface area contributed by atoms with Gasteiger partial charge in [-0.3, -0.25) is 4.98 Å². The van der Waals surface area contributed by atoms with E-state index in [0.717, 1.165) is 16.6 Å². The van der Waals surface area contributed by atoms with Crippen LogP contribution in [0.5, 0.6) is 0 Å². The molecule has 0 saturated carbocycles. The predicted octanol–water partition coefficient (Wildman–Crippen LogP) is 2.53. The van der Waals surface area contributed by atoms with E-state index in [4.69, 9.17) is 0 Å². The van der Waals surface area contributed by atoms with E-state index in [1.165, 1.54) is 0 Å². The van der Waals surface area contributed by atoms with E-state index >= 15 is 0 Å². The first-order valence-corrected chi connectivity index (χ1v) is 6.72. The van der Waals surface area contributed by atoms with Crippen molar-refractivity contribution in [2.75, 3.05) is 6.54 Å². The lowest BCUT2D eigenvalue weighted by molar-refractivity contribution is 0.160. The molecule has 0 bridgehead atoms. The highest BCUT2D eigenvalue weighted by Crippen LogP contribution is 2.12. The fraction of sp³-hybridized carbons (Fsp3) is 0.438. The number of nitrogens with zero attached hydrogens (tertiary/aromatic N) is 1. The minimum Gasteiger partial charge on any atom is -0.391 e. The summed E-state index contributed by atoms with van der Waals surface area (Å²) < 4.78 is 0. The van der Waals surface area contributed by atoms with Crippen molar-refractivity contribution in [2.24, 2.45) is 0 Å². The normalized spacial score (nSPS) is 13.7. The minimum absolute atomic E-state index is 0.0256. The van der Waals surface area contributed by atoms with Crippen LogP contribution in [-0.4, -0.2) is 28.3 Å². The van der Waals surface area contributed by atoms with Gasteiger partial charge in [-0.15, -0.1) is 0 Å². The molecule has 2 N–H and O–H groups in total. The van der Waals surface area contributed by atoms with Crippen LogP contribution in [0, 0.1) is 0 Å². The Morgan fingerprint density at radius 1 is 1.16 bits per heavy atom. The Balaban J connectivity index is 2.00. The van der Waals surface area contributed by atoms with E-state index in [1.807, 2.05) is 30.3 Å². The predicted molar refractivity (Wildman–Crippen MR) is 79.2 cm³/mol. The van der Waals surface area contributed by atoms with Crippen molar-refractivity contribution >= 4 is 10.9 Å². The Kier molecular flexibility index (Phi) is 4.17. The molecule has 0 aliphatic rings. The summed E-state index contributed by atoms with van der Waals surface area (Å²) in [6.45, 7) is 6.86. The molecule has 0 radical (unpaired) electrons. The Bertz CT molecular complexity index is 546. The SMILES string of the molecule is CC(C)(C)NC[C@@H](O)Cc1ccc2ccccc2n1. The van der Waals surface area contributed by atoms with E-state index in [-0.39, 0.29) is 5.54 Å². The van der Waals surface area contributed by atoms with E-state index in [2.05, 4.69) is 37.1 Å². The van der Waals surface area contributed by atoms with Crippen LogP contribution in [0.3, 0.4) is 0 Å². The summed E-state index contributed by atoms with van der Waals surface area (Å²) in [6, 6.07) is 12.1. The van der Waals surface area contributed by atoms with Gasteiger partial charge in [-0.1, -0.05) is 24.3 Å². The highest BCUT2D eigenvalue weighted by atomic mass is 16.3. The first-order chi connectivity index (χ1) is 8.94. The van der Waals surface area contributed by atoms with Gasteiger partial charge in [0.2, 0.25) is 0 Å². The summed E-state index contributed by atoms with van der Waals surface area (Å²) in [5.41, 5.74) is 1.94. The van der Waals surface area contributed by atoms with Gasteiger partial charge in [0, 0.05) is 29.6 Å². The van der Waals surface area contributed by atoms with Gasteiger partial charge in [-0.05, 0) is 32.9 Å². The Hall–Kier alpha value is -1.45. The van der Waals surface area contributed by atoms with Crippen molar-refractivity contribution in [3.8, 4) is 0 Å². The Morgan fingerprint density at radius 2 is 1.89 bits per heavy atom. The zero-order valence-corrected chi connectivity index (χ0v) is 11.9. The van der Waals surface area contributed by atoms with Crippen LogP contribution in [0.2, 0.25) is 0 Å². The molecule has 1 aromatic carbocycles. The Labute approximate surface area is 114 Å². The lowest BCUT2D eigenvalue weighted by Gasteiger charge is -2.22. The van der Waals surface area contributed by atoms with Crippen LogP contribution < -0.4 is 5.32 Å². The number of para-hydroxylation sites is 1. The smallest absolute Gasteiger partial charge is 0.0720 e. The molecule has 0 aliphatic heterocycles. The summed E-state index contributed by atoms with van der Waals surface area (Å²) in [5, 5.41) is 14.5. The number of nitrogens with one attached hydrogen (secondary N) is 1. The van der Waals surface area contributed by atoms with Gasteiger partial charge in [0.05, 0.1) is 11.6 Å². The molecule has 0 amide bonds. The topological polar surface area (TPSA) is 45.1 Å². The third-order valence-electron chi connectivity index (χ3n) is 2.97. The van der Waals surface area contributed by atoms with Gasteiger partial charge in [-0.25, -0.2) is 0 Å². The standard InChI is InChI=1S/C16H22N2O/c1-16(2,3)17-11-14(19)10-13-9-8-12-6-4-5-7-15(12)18-13/h4-9,14,17,19H,10-11H2,1-3H3/t14-/m0/s1. The number of benzene rings is 1. The molecule has 1 heterocycles. The molecular formula is C16H22N2O. The number of pyridine rings is 1. The van der Waals surface area contributed by atoms with Gasteiger partial charge in [0.15, 0.2) is 0 Å². The molecule has 1 aromatic heterocycles. The van der Waals surface area contributed by atoms with Gasteiger partial charge in [-0.2, -0.15) is 0 Å². The second-order valence-electron chi connectivity index (χ2n) is 5.98. The molecule has 0 unspecified atom stereocenters. The number of β-amino-alcohol motifs (C(OH)–C–C–N with tert-alkyl or cyclic N) is 1. The second-order valence-corrected chi connectivity index (χ2v) is 5.98. The van der Waals surface area contributed by atoms with Crippen molar-refractivity contribution in [3.63, 3.8) is 0 Å². The summed E-state index contributed by atoms with van der Waals surface area (Å²) in [7, 11) is 0. The number of rotatable bonds is 4. The molecule has 3 nitrogen and oxygen atoms in total. The summed E-state index contributed by atoms with van der Waals surface area (Å²) in [5.74, 6) is 0. The molecular weight excluding hydrogens is 236 g/mol. The van der Waals surface area contributed by atoms with Crippen molar-refractivity contribution in [1.82, 2.24) is 10.3 Å². The maximum absolute atomic E-state index is 10.0. The highest BCUT2D eigenvalue weighted by molar-refractivity contribution is 5.78. The molecule has 1 atom stereocenters. The minimum atomic E-state index is -0.409. The molecule has 2 rings (SSSR count). The molecule has 3 heteroatoms. The molecule has 0 saturated heterocycles. The van der Waals surface area contributed by atoms with Crippen LogP contribution >= 0.6 is 0 Å². The van der Waals surface area contributed by atoms with Crippen molar-refractivity contribution in [1.29, 1.82) is 0 Å². The first kappa shape index (κ1) is 14.0. The summed E-state index contributed by atoms with van der Waals surface area (Å²) in [6.07, 6.45) is 0.168. The van der Waals surface area contributed by atoms with E-state index in [0.29, 0.717) is 13.0 Å². The van der Waals surface area contributed by atoms with Crippen LogP contribution in [0.15, 0.2) is 36.4 Å². The van der Waals surface area contributed by atoms with E-state index in [9.17, 15) is 5.11 Å². The Morgan fingerprint density at radius 3 is 2.63 bits per heavy atom. The first-order valence-electron chi connectivity index (χ1n) is 6.72. The average Bonchev–Trinajstić information content (AvgIpc) is 2.35. The fourth-order valence-electron chi connectivity index (χ4n) is 1.96. The third-order valence-corrected chi connectivity index (χ3v) is 2.97. The van der Waals surface area contributed by atoms with Gasteiger partial charge >= 0.3 is 0 Å². The third kappa shape index (κ3) is 4.30. The van der Waals surface area contributed by atoms with Crippen LogP contribution in [0.25, 0.3) is 10.9 Å². The highest BCUT2D eigenvalue weighted by Gasteiger charge is 2.13. The lowest BCUT2D eigenvalue weighted by atomic mass is 10.1. The zero-order valence-electron chi connectivity index (χ0n) is 11.9. The zero-order chi connectivity index (χ0) is 13.9. The monoisotopic (exact) mass is 258 g/mol. The number of aliphatic hydroxyl groups is 1. The van der Waals surface area contributed by atoms with Crippen LogP contribution in [-0.2, 0) is 6.42 Å². The number of fused-ring (bicyclic) bond motifs is 1. The average molecular weight is 258 g/mol. The van der Waals surface area contributed by atoms with Gasteiger partial charge in [0.25, 0.3) is 0 Å². The molecule has 2 aromatic rings. The van der Waals surface area contributed by atoms with Crippen LogP contribution in [0.1, 0.15) is 26.5 Å². The molecule has 0 spiro atoms. The number of aromatic nitrogens is 1. The van der Waals surface area contributed by atoms with E-state index < -0.39 is 6.10 Å². The van der Waals surface area contributed by atoms with Crippen molar-refractivity contribution in [2.45, 2.75) is 38.8 Å². The maximum Gasteiger partial charge on any atom is 0.0720 e. The molecule has 0 fully saturated rings. The van der Waals surface area contributed by atoms with Crippen LogP contribution in [0.4, 0.5) is 0 Å². The van der Waals surface area contributed by atoms with Crippen molar-refractivity contribution < 1.29 is 5.11 Å². The number of hydrogen-bond donors (Lipinski definition) is 2.